The molecule has 3 heterocycles. The lowest BCUT2D eigenvalue weighted by Crippen LogP contribution is -2.70. The van der Waals surface area contributed by atoms with Gasteiger partial charge in [0.2, 0.25) is 0 Å². The van der Waals surface area contributed by atoms with Gasteiger partial charge in [-0.3, -0.25) is 9.89 Å². The number of hydrogen-bond acceptors (Lipinski definition) is 2. The molecule has 0 amide bonds. The molecule has 5 rings (SSSR count). The summed E-state index contributed by atoms with van der Waals surface area (Å²) in [5, 5.41) is 0. The Morgan fingerprint density at radius 3 is 2.86 bits per heavy atom. The molecule has 0 bridgehead atoms. The summed E-state index contributed by atoms with van der Waals surface area (Å²) in [5.41, 5.74) is 5.27. The van der Waals surface area contributed by atoms with E-state index >= 15 is 0 Å². The van der Waals surface area contributed by atoms with Crippen molar-refractivity contribution in [2.75, 3.05) is 13.1 Å². The Kier molecular flexibility index (Phi) is 2.44. The molecular weight excluding hydrogens is 268 g/mol. The molecule has 116 valence electrons. The molecule has 0 radical (unpaired) electrons. The van der Waals surface area contributed by atoms with Crippen LogP contribution in [0.3, 0.4) is 0 Å². The van der Waals surface area contributed by atoms with Crippen LogP contribution in [0.15, 0.2) is 29.3 Å². The van der Waals surface area contributed by atoms with Crippen molar-refractivity contribution in [3.05, 3.63) is 29.8 Å². The summed E-state index contributed by atoms with van der Waals surface area (Å²) in [7, 11) is 0. The van der Waals surface area contributed by atoms with Gasteiger partial charge in [0.05, 0.1) is 11.1 Å². The van der Waals surface area contributed by atoms with Gasteiger partial charge in [-0.05, 0) is 69.0 Å². The highest BCUT2D eigenvalue weighted by Crippen LogP contribution is 2.68. The molecule has 1 aliphatic carbocycles. The number of para-hydroxylation sites is 1. The van der Waals surface area contributed by atoms with Crippen LogP contribution >= 0.6 is 0 Å². The van der Waals surface area contributed by atoms with E-state index in [4.69, 9.17) is 4.99 Å². The predicted octanol–water partition coefficient (Wildman–Crippen LogP) is 4.46. The summed E-state index contributed by atoms with van der Waals surface area (Å²) in [6.45, 7) is 7.57. The fraction of sp³-hybridized carbons (Fsp3) is 0.650. The van der Waals surface area contributed by atoms with E-state index in [1.807, 2.05) is 0 Å². The summed E-state index contributed by atoms with van der Waals surface area (Å²) < 4.78 is 0. The number of piperidine rings is 1. The van der Waals surface area contributed by atoms with Gasteiger partial charge in [0.15, 0.2) is 0 Å². The quantitative estimate of drug-likeness (QED) is 0.746. The van der Waals surface area contributed by atoms with Crippen LogP contribution in [-0.4, -0.2) is 29.2 Å². The zero-order valence-electron chi connectivity index (χ0n) is 13.9. The zero-order valence-corrected chi connectivity index (χ0v) is 13.9. The molecule has 3 fully saturated rings. The standard InChI is InChI=1S/C20H26N2/c1-3-19-10-6-13-22-14-12-20(18(19,22)2)15-7-4-5-8-16(15)21-17(20)9-11-19/h4-5,7-8H,3,6,9-14H2,1-2H3/t18-,19-,20-/m1/s1. The first-order valence-electron chi connectivity index (χ1n) is 9.11. The second-order valence-corrected chi connectivity index (χ2v) is 8.03. The van der Waals surface area contributed by atoms with Gasteiger partial charge < -0.3 is 0 Å². The second-order valence-electron chi connectivity index (χ2n) is 8.03. The number of benzene rings is 1. The molecule has 1 spiro atoms. The number of rotatable bonds is 1. The van der Waals surface area contributed by atoms with E-state index in [0.29, 0.717) is 5.41 Å². The molecule has 0 N–H and O–H groups in total. The summed E-state index contributed by atoms with van der Waals surface area (Å²) in [6.07, 6.45) is 7.94. The van der Waals surface area contributed by atoms with E-state index in [2.05, 4.69) is 43.0 Å². The molecule has 2 saturated heterocycles. The second kappa shape index (κ2) is 4.03. The third-order valence-corrected chi connectivity index (χ3v) is 7.97. The predicted molar refractivity (Wildman–Crippen MR) is 91.0 cm³/mol. The molecule has 1 saturated carbocycles. The Balaban J connectivity index is 1.81. The Morgan fingerprint density at radius 2 is 2.00 bits per heavy atom. The normalized spacial score (nSPS) is 42.5. The van der Waals surface area contributed by atoms with Crippen LogP contribution < -0.4 is 0 Å². The first-order chi connectivity index (χ1) is 10.7. The Morgan fingerprint density at radius 1 is 1.14 bits per heavy atom. The SMILES string of the molecule is CC[C@@]12CCCN3CC[C@@]4(C(=Nc5ccccc54)CC1)[C@]32C. The maximum Gasteiger partial charge on any atom is 0.0671 e. The maximum atomic E-state index is 5.13. The third kappa shape index (κ3) is 1.16. The molecular formula is C20H26N2. The largest absolute Gasteiger partial charge is 0.296 e. The van der Waals surface area contributed by atoms with Crippen LogP contribution in [0.4, 0.5) is 5.69 Å². The maximum absolute atomic E-state index is 5.13. The van der Waals surface area contributed by atoms with Crippen LogP contribution in [0.2, 0.25) is 0 Å². The van der Waals surface area contributed by atoms with Crippen molar-refractivity contribution in [3.8, 4) is 0 Å². The summed E-state index contributed by atoms with van der Waals surface area (Å²) in [4.78, 5) is 7.98. The Labute approximate surface area is 133 Å². The fourth-order valence-corrected chi connectivity index (χ4v) is 6.86. The van der Waals surface area contributed by atoms with Gasteiger partial charge in [-0.1, -0.05) is 25.1 Å². The van der Waals surface area contributed by atoms with Crippen molar-refractivity contribution in [2.45, 2.75) is 63.3 Å². The van der Waals surface area contributed by atoms with Crippen LogP contribution in [0, 0.1) is 5.41 Å². The van der Waals surface area contributed by atoms with Crippen LogP contribution in [0.1, 0.15) is 57.9 Å². The Bertz CT molecular complexity index is 678. The monoisotopic (exact) mass is 294 g/mol. The summed E-state index contributed by atoms with van der Waals surface area (Å²) >= 11 is 0. The Hall–Kier alpha value is -1.15. The topological polar surface area (TPSA) is 15.6 Å². The van der Waals surface area contributed by atoms with Crippen LogP contribution in [-0.2, 0) is 5.41 Å². The third-order valence-electron chi connectivity index (χ3n) is 7.97. The number of hydrogen-bond donors (Lipinski definition) is 0. The fourth-order valence-electron chi connectivity index (χ4n) is 6.86. The molecule has 3 aliphatic heterocycles. The van der Waals surface area contributed by atoms with E-state index in [1.165, 1.54) is 68.6 Å². The van der Waals surface area contributed by atoms with Crippen molar-refractivity contribution in [3.63, 3.8) is 0 Å². The first-order valence-corrected chi connectivity index (χ1v) is 9.11. The van der Waals surface area contributed by atoms with Gasteiger partial charge in [-0.15, -0.1) is 0 Å². The van der Waals surface area contributed by atoms with E-state index in [9.17, 15) is 0 Å². The molecule has 0 aromatic heterocycles. The van der Waals surface area contributed by atoms with Crippen molar-refractivity contribution >= 4 is 11.4 Å². The minimum atomic E-state index is 0.207. The smallest absolute Gasteiger partial charge is 0.0671 e. The molecule has 22 heavy (non-hydrogen) atoms. The molecule has 2 nitrogen and oxygen atoms in total. The van der Waals surface area contributed by atoms with E-state index in [-0.39, 0.29) is 11.0 Å². The van der Waals surface area contributed by atoms with Gasteiger partial charge in [0.1, 0.15) is 0 Å². The minimum Gasteiger partial charge on any atom is -0.296 e. The lowest BCUT2D eigenvalue weighted by molar-refractivity contribution is -0.0743. The first kappa shape index (κ1) is 13.3. The molecule has 1 aromatic carbocycles. The zero-order chi connectivity index (χ0) is 15.0. The molecule has 4 aliphatic rings. The molecule has 1 aromatic rings. The highest BCUT2D eigenvalue weighted by molar-refractivity contribution is 6.04. The molecule has 0 unspecified atom stereocenters. The van der Waals surface area contributed by atoms with Crippen molar-refractivity contribution in [2.24, 2.45) is 10.4 Å². The van der Waals surface area contributed by atoms with Crippen LogP contribution in [0.25, 0.3) is 0 Å². The van der Waals surface area contributed by atoms with Crippen LogP contribution in [0.5, 0.6) is 0 Å². The van der Waals surface area contributed by atoms with Gasteiger partial charge in [0.25, 0.3) is 0 Å². The number of fused-ring (bicyclic) bond motifs is 1. The molecule has 2 heteroatoms. The minimum absolute atomic E-state index is 0.207. The summed E-state index contributed by atoms with van der Waals surface area (Å²) in [5.74, 6) is 0. The van der Waals surface area contributed by atoms with Gasteiger partial charge in [-0.25, -0.2) is 0 Å². The lowest BCUT2D eigenvalue weighted by atomic mass is 9.46. The van der Waals surface area contributed by atoms with E-state index in [1.54, 1.807) is 0 Å². The molecule has 3 atom stereocenters. The van der Waals surface area contributed by atoms with Gasteiger partial charge in [0, 0.05) is 17.8 Å². The average molecular weight is 294 g/mol. The van der Waals surface area contributed by atoms with E-state index in [0.717, 1.165) is 0 Å². The van der Waals surface area contributed by atoms with Crippen molar-refractivity contribution in [1.82, 2.24) is 4.90 Å². The average Bonchev–Trinajstić information content (AvgIpc) is 3.04. The van der Waals surface area contributed by atoms with Gasteiger partial charge >= 0.3 is 0 Å². The van der Waals surface area contributed by atoms with E-state index < -0.39 is 0 Å². The van der Waals surface area contributed by atoms with Gasteiger partial charge in [-0.2, -0.15) is 0 Å². The lowest BCUT2D eigenvalue weighted by Gasteiger charge is -2.64. The highest BCUT2D eigenvalue weighted by Gasteiger charge is 2.71. The summed E-state index contributed by atoms with van der Waals surface area (Å²) in [6, 6.07) is 8.99. The number of nitrogens with zero attached hydrogens (tertiary/aromatic N) is 2. The van der Waals surface area contributed by atoms with Crippen molar-refractivity contribution in [1.29, 1.82) is 0 Å². The van der Waals surface area contributed by atoms with Crippen molar-refractivity contribution < 1.29 is 0 Å². The number of aliphatic imine (C=N–C) groups is 1. The highest BCUT2D eigenvalue weighted by atomic mass is 15.3.